The van der Waals surface area contributed by atoms with Gasteiger partial charge in [0.2, 0.25) is 0 Å². The molecule has 0 aliphatic rings. The molecule has 2 N–H and O–H groups in total. The second-order valence-electron chi connectivity index (χ2n) is 4.00. The molecule has 0 spiro atoms. The van der Waals surface area contributed by atoms with Crippen molar-refractivity contribution in [2.24, 2.45) is 0 Å². The molecule has 0 aliphatic carbocycles. The zero-order valence-electron chi connectivity index (χ0n) is 9.87. The van der Waals surface area contributed by atoms with Gasteiger partial charge < -0.3 is 15.2 Å². The van der Waals surface area contributed by atoms with Gasteiger partial charge in [-0.3, -0.25) is 0 Å². The van der Waals surface area contributed by atoms with Gasteiger partial charge in [-0.1, -0.05) is 23.7 Å². The fourth-order valence-corrected chi connectivity index (χ4v) is 1.60. The lowest BCUT2D eigenvalue weighted by atomic mass is 10.1. The van der Waals surface area contributed by atoms with Crippen molar-refractivity contribution in [3.63, 3.8) is 0 Å². The maximum Gasteiger partial charge on any atom is 0.338 e. The number of esters is 1. The van der Waals surface area contributed by atoms with Crippen LogP contribution < -0.4 is 5.32 Å². The molecule has 0 saturated heterocycles. The number of rotatable bonds is 5. The molecule has 1 aromatic carbocycles. The van der Waals surface area contributed by atoms with Gasteiger partial charge in [0.05, 0.1) is 7.11 Å². The van der Waals surface area contributed by atoms with Gasteiger partial charge in [0.15, 0.2) is 5.60 Å². The van der Waals surface area contributed by atoms with Crippen LogP contribution in [-0.4, -0.2) is 30.3 Å². The Morgan fingerprint density at radius 1 is 1.59 bits per heavy atom. The van der Waals surface area contributed by atoms with Crippen LogP contribution in [0.1, 0.15) is 12.5 Å². The highest BCUT2D eigenvalue weighted by molar-refractivity contribution is 6.30. The minimum absolute atomic E-state index is 0.117. The van der Waals surface area contributed by atoms with Gasteiger partial charge >= 0.3 is 5.97 Å². The van der Waals surface area contributed by atoms with Crippen LogP contribution in [0, 0.1) is 0 Å². The van der Waals surface area contributed by atoms with E-state index in [1.165, 1.54) is 14.0 Å². The summed E-state index contributed by atoms with van der Waals surface area (Å²) in [6.45, 7) is 2.05. The van der Waals surface area contributed by atoms with Crippen LogP contribution in [0.3, 0.4) is 0 Å². The van der Waals surface area contributed by atoms with Gasteiger partial charge in [0.25, 0.3) is 0 Å². The van der Waals surface area contributed by atoms with E-state index >= 15 is 0 Å². The summed E-state index contributed by atoms with van der Waals surface area (Å²) >= 11 is 5.84. The summed E-state index contributed by atoms with van der Waals surface area (Å²) in [4.78, 5) is 11.2. The first-order valence-corrected chi connectivity index (χ1v) is 5.59. The number of nitrogens with one attached hydrogen (secondary N) is 1. The zero-order chi connectivity index (χ0) is 12.9. The van der Waals surface area contributed by atoms with Gasteiger partial charge in [-0.2, -0.15) is 0 Å². The normalized spacial score (nSPS) is 14.1. The van der Waals surface area contributed by atoms with Crippen molar-refractivity contribution < 1.29 is 14.6 Å². The van der Waals surface area contributed by atoms with E-state index in [2.05, 4.69) is 10.1 Å². The van der Waals surface area contributed by atoms with Crippen LogP contribution >= 0.6 is 11.6 Å². The maximum absolute atomic E-state index is 11.2. The predicted molar refractivity (Wildman–Crippen MR) is 65.8 cm³/mol. The third-order valence-electron chi connectivity index (χ3n) is 2.31. The molecule has 0 aromatic heterocycles. The second kappa shape index (κ2) is 6.00. The van der Waals surface area contributed by atoms with E-state index in [-0.39, 0.29) is 6.54 Å². The average molecular weight is 258 g/mol. The first-order chi connectivity index (χ1) is 7.95. The Labute approximate surface area is 106 Å². The molecular formula is C12H16ClNO3. The molecule has 0 heterocycles. The van der Waals surface area contributed by atoms with E-state index in [1.807, 2.05) is 18.2 Å². The molecule has 4 nitrogen and oxygen atoms in total. The average Bonchev–Trinajstić information content (AvgIpc) is 2.27. The summed E-state index contributed by atoms with van der Waals surface area (Å²) in [5.41, 5.74) is -0.536. The highest BCUT2D eigenvalue weighted by Gasteiger charge is 2.30. The molecule has 1 aromatic rings. The highest BCUT2D eigenvalue weighted by Crippen LogP contribution is 2.11. The number of methoxy groups -OCH3 is 1. The standard InChI is InChI=1S/C12H16ClNO3/c1-12(16,11(15)17-2)8-14-7-9-4-3-5-10(13)6-9/h3-6,14,16H,7-8H2,1-2H3. The van der Waals surface area contributed by atoms with Gasteiger partial charge in [0.1, 0.15) is 0 Å². The Balaban J connectivity index is 2.45. The smallest absolute Gasteiger partial charge is 0.338 e. The molecule has 5 heteroatoms. The van der Waals surface area contributed by atoms with Gasteiger partial charge in [0, 0.05) is 18.1 Å². The van der Waals surface area contributed by atoms with Crippen LogP contribution in [-0.2, 0) is 16.1 Å². The van der Waals surface area contributed by atoms with Crippen molar-refractivity contribution >= 4 is 17.6 Å². The maximum atomic E-state index is 11.2. The minimum atomic E-state index is -1.52. The van der Waals surface area contributed by atoms with Crippen LogP contribution in [0.2, 0.25) is 5.02 Å². The SMILES string of the molecule is COC(=O)C(C)(O)CNCc1cccc(Cl)c1. The fourth-order valence-electron chi connectivity index (χ4n) is 1.39. The van der Waals surface area contributed by atoms with Crippen LogP contribution in [0.25, 0.3) is 0 Å². The van der Waals surface area contributed by atoms with Crippen molar-refractivity contribution in [2.75, 3.05) is 13.7 Å². The first kappa shape index (κ1) is 14.0. The Bertz CT molecular complexity index is 393. The van der Waals surface area contributed by atoms with Crippen molar-refractivity contribution in [1.82, 2.24) is 5.32 Å². The number of carbonyl (C=O) groups excluding carboxylic acids is 1. The number of carbonyl (C=O) groups is 1. The summed E-state index contributed by atoms with van der Waals surface area (Å²) in [6.07, 6.45) is 0. The zero-order valence-corrected chi connectivity index (χ0v) is 10.6. The molecule has 0 aliphatic heterocycles. The van der Waals surface area contributed by atoms with Crippen molar-refractivity contribution in [2.45, 2.75) is 19.1 Å². The van der Waals surface area contributed by atoms with E-state index in [4.69, 9.17) is 11.6 Å². The Hall–Kier alpha value is -1.10. The number of halogens is 1. The van der Waals surface area contributed by atoms with E-state index in [1.54, 1.807) is 6.07 Å². The summed E-state index contributed by atoms with van der Waals surface area (Å²) in [5, 5.41) is 13.4. The summed E-state index contributed by atoms with van der Waals surface area (Å²) in [7, 11) is 1.24. The number of ether oxygens (including phenoxy) is 1. The van der Waals surface area contributed by atoms with Gasteiger partial charge in [-0.05, 0) is 24.6 Å². The molecule has 17 heavy (non-hydrogen) atoms. The molecular weight excluding hydrogens is 242 g/mol. The highest BCUT2D eigenvalue weighted by atomic mass is 35.5. The first-order valence-electron chi connectivity index (χ1n) is 5.21. The summed E-state index contributed by atoms with van der Waals surface area (Å²) in [5.74, 6) is -0.656. The van der Waals surface area contributed by atoms with Crippen molar-refractivity contribution in [1.29, 1.82) is 0 Å². The molecule has 0 radical (unpaired) electrons. The predicted octanol–water partition coefficient (Wildman–Crippen LogP) is 1.35. The van der Waals surface area contributed by atoms with Gasteiger partial charge in [-0.25, -0.2) is 4.79 Å². The lowest BCUT2D eigenvalue weighted by Gasteiger charge is -2.20. The quantitative estimate of drug-likeness (QED) is 0.782. The van der Waals surface area contributed by atoms with Crippen molar-refractivity contribution in [3.8, 4) is 0 Å². The molecule has 1 unspecified atom stereocenters. The topological polar surface area (TPSA) is 58.6 Å². The largest absolute Gasteiger partial charge is 0.467 e. The molecule has 1 atom stereocenters. The summed E-state index contributed by atoms with van der Waals surface area (Å²) in [6, 6.07) is 7.36. The number of hydrogen-bond donors (Lipinski definition) is 2. The third kappa shape index (κ3) is 4.34. The second-order valence-corrected chi connectivity index (χ2v) is 4.44. The lowest BCUT2D eigenvalue weighted by Crippen LogP contribution is -2.45. The number of hydrogen-bond acceptors (Lipinski definition) is 4. The number of aliphatic hydroxyl groups is 1. The molecule has 1 rings (SSSR count). The minimum Gasteiger partial charge on any atom is -0.467 e. The molecule has 0 bridgehead atoms. The van der Waals surface area contributed by atoms with Crippen LogP contribution in [0.5, 0.6) is 0 Å². The molecule has 0 saturated carbocycles. The Kier molecular flexibility index (Phi) is 4.93. The third-order valence-corrected chi connectivity index (χ3v) is 2.55. The van der Waals surface area contributed by atoms with Crippen LogP contribution in [0.4, 0.5) is 0 Å². The molecule has 0 fully saturated rings. The van der Waals surface area contributed by atoms with E-state index < -0.39 is 11.6 Å². The van der Waals surface area contributed by atoms with E-state index in [9.17, 15) is 9.90 Å². The fraction of sp³-hybridized carbons (Fsp3) is 0.417. The van der Waals surface area contributed by atoms with Crippen LogP contribution in [0.15, 0.2) is 24.3 Å². The van der Waals surface area contributed by atoms with E-state index in [0.29, 0.717) is 11.6 Å². The monoisotopic (exact) mass is 257 g/mol. The lowest BCUT2D eigenvalue weighted by molar-refractivity contribution is -0.159. The van der Waals surface area contributed by atoms with Crippen molar-refractivity contribution in [3.05, 3.63) is 34.9 Å². The Morgan fingerprint density at radius 3 is 2.88 bits per heavy atom. The molecule has 94 valence electrons. The Morgan fingerprint density at radius 2 is 2.29 bits per heavy atom. The van der Waals surface area contributed by atoms with E-state index in [0.717, 1.165) is 5.56 Å². The summed E-state index contributed by atoms with van der Waals surface area (Å²) < 4.78 is 4.49. The molecule has 0 amide bonds. The van der Waals surface area contributed by atoms with Gasteiger partial charge in [-0.15, -0.1) is 0 Å². The number of benzene rings is 1.